The number of rotatable bonds is 2. The highest BCUT2D eigenvalue weighted by molar-refractivity contribution is 5.97. The zero-order valence-electron chi connectivity index (χ0n) is 14.5. The summed E-state index contributed by atoms with van der Waals surface area (Å²) in [5, 5.41) is 0. The van der Waals surface area contributed by atoms with Gasteiger partial charge in [-0.15, -0.1) is 0 Å². The van der Waals surface area contributed by atoms with Gasteiger partial charge in [0.15, 0.2) is 0 Å². The zero-order chi connectivity index (χ0) is 18.3. The number of halogens is 1. The minimum Gasteiger partial charge on any atom is -0.338 e. The fourth-order valence-corrected chi connectivity index (χ4v) is 3.64. The molecule has 3 aromatic rings. The molecule has 2 aromatic carbocycles. The Balaban J connectivity index is 1.53. The molecule has 1 N–H and O–H groups in total. The molecule has 1 aliphatic rings. The summed E-state index contributed by atoms with van der Waals surface area (Å²) in [7, 11) is 1.68. The Morgan fingerprint density at radius 3 is 2.50 bits per heavy atom. The minimum atomic E-state index is -1.38. The Labute approximate surface area is 150 Å². The maximum Gasteiger partial charge on any atom is 0.326 e. The third-order valence-corrected chi connectivity index (χ3v) is 5.29. The summed E-state index contributed by atoms with van der Waals surface area (Å²) in [5.74, 6) is -0.133. The van der Waals surface area contributed by atoms with Gasteiger partial charge in [-0.3, -0.25) is 9.36 Å². The van der Waals surface area contributed by atoms with Gasteiger partial charge in [0.1, 0.15) is 5.67 Å². The van der Waals surface area contributed by atoms with Gasteiger partial charge in [0.05, 0.1) is 11.0 Å². The SMILES string of the molecule is Cn1c(=O)[nH]c2cc(C(=O)N3CCC(F)(c4ccccc4)CC3)ccc21. The second-order valence-electron chi connectivity index (χ2n) is 6.84. The number of hydrogen-bond acceptors (Lipinski definition) is 2. The van der Waals surface area contributed by atoms with Gasteiger partial charge in [-0.1, -0.05) is 30.3 Å². The number of benzene rings is 2. The maximum absolute atomic E-state index is 15.2. The average Bonchev–Trinajstić information content (AvgIpc) is 2.96. The molecular weight excluding hydrogens is 333 g/mol. The number of nitrogens with one attached hydrogen (secondary N) is 1. The summed E-state index contributed by atoms with van der Waals surface area (Å²) in [6.07, 6.45) is 0.570. The summed E-state index contributed by atoms with van der Waals surface area (Å²) in [6.45, 7) is 0.737. The van der Waals surface area contributed by atoms with Gasteiger partial charge in [-0.05, 0) is 23.8 Å². The molecule has 26 heavy (non-hydrogen) atoms. The van der Waals surface area contributed by atoms with Crippen LogP contribution in [0.2, 0.25) is 0 Å². The van der Waals surface area contributed by atoms with Crippen molar-refractivity contribution in [2.24, 2.45) is 7.05 Å². The van der Waals surface area contributed by atoms with E-state index in [1.807, 2.05) is 18.2 Å². The molecule has 5 nitrogen and oxygen atoms in total. The van der Waals surface area contributed by atoms with E-state index in [9.17, 15) is 9.59 Å². The Morgan fingerprint density at radius 2 is 1.81 bits per heavy atom. The van der Waals surface area contributed by atoms with E-state index in [1.165, 1.54) is 4.57 Å². The molecule has 1 fully saturated rings. The van der Waals surface area contributed by atoms with E-state index in [0.29, 0.717) is 29.7 Å². The van der Waals surface area contributed by atoms with E-state index in [1.54, 1.807) is 42.3 Å². The van der Waals surface area contributed by atoms with Gasteiger partial charge in [0, 0.05) is 38.5 Å². The molecule has 0 atom stereocenters. The zero-order valence-corrected chi connectivity index (χ0v) is 14.5. The molecule has 1 amide bonds. The van der Waals surface area contributed by atoms with E-state index in [4.69, 9.17) is 0 Å². The summed E-state index contributed by atoms with van der Waals surface area (Å²) in [6, 6.07) is 14.3. The van der Waals surface area contributed by atoms with Crippen molar-refractivity contribution in [2.45, 2.75) is 18.5 Å². The Kier molecular flexibility index (Phi) is 3.90. The van der Waals surface area contributed by atoms with Crippen LogP contribution in [-0.2, 0) is 12.7 Å². The molecule has 134 valence electrons. The van der Waals surface area contributed by atoms with Gasteiger partial charge in [-0.2, -0.15) is 0 Å². The number of carbonyl (C=O) groups is 1. The molecule has 4 rings (SSSR count). The first-order chi connectivity index (χ1) is 12.5. The summed E-state index contributed by atoms with van der Waals surface area (Å²) in [4.78, 5) is 28.9. The van der Waals surface area contributed by atoms with Crippen molar-refractivity contribution in [3.05, 3.63) is 70.1 Å². The third-order valence-electron chi connectivity index (χ3n) is 5.29. The van der Waals surface area contributed by atoms with Crippen LogP contribution in [-0.4, -0.2) is 33.4 Å². The van der Waals surface area contributed by atoms with Crippen LogP contribution in [0, 0.1) is 0 Å². The van der Waals surface area contributed by atoms with E-state index in [-0.39, 0.29) is 24.4 Å². The monoisotopic (exact) mass is 353 g/mol. The van der Waals surface area contributed by atoms with Crippen LogP contribution >= 0.6 is 0 Å². The van der Waals surface area contributed by atoms with Gasteiger partial charge in [0.2, 0.25) is 0 Å². The fraction of sp³-hybridized carbons (Fsp3) is 0.300. The standard InChI is InChI=1S/C20H20FN3O2/c1-23-17-8-7-14(13-16(17)22-19(23)26)18(25)24-11-9-20(21,10-12-24)15-5-3-2-4-6-15/h2-8,13H,9-12H2,1H3,(H,22,26). The number of likely N-dealkylation sites (tertiary alicyclic amines) is 1. The van der Waals surface area contributed by atoms with Crippen molar-refractivity contribution in [1.29, 1.82) is 0 Å². The van der Waals surface area contributed by atoms with Crippen LogP contribution in [0.3, 0.4) is 0 Å². The minimum absolute atomic E-state index is 0.133. The van der Waals surface area contributed by atoms with Crippen molar-refractivity contribution in [2.75, 3.05) is 13.1 Å². The van der Waals surface area contributed by atoms with E-state index >= 15 is 4.39 Å². The molecule has 1 saturated heterocycles. The number of nitrogens with zero attached hydrogens (tertiary/aromatic N) is 2. The number of aromatic amines is 1. The molecule has 0 bridgehead atoms. The number of amides is 1. The number of carbonyl (C=O) groups excluding carboxylic acids is 1. The van der Waals surface area contributed by atoms with Crippen molar-refractivity contribution >= 4 is 16.9 Å². The number of hydrogen-bond donors (Lipinski definition) is 1. The topological polar surface area (TPSA) is 58.1 Å². The van der Waals surface area contributed by atoms with E-state index < -0.39 is 5.67 Å². The first-order valence-corrected chi connectivity index (χ1v) is 8.70. The van der Waals surface area contributed by atoms with Crippen LogP contribution in [0.25, 0.3) is 11.0 Å². The number of piperidine rings is 1. The number of alkyl halides is 1. The molecule has 1 aliphatic heterocycles. The van der Waals surface area contributed by atoms with E-state index in [0.717, 1.165) is 5.52 Å². The lowest BCUT2D eigenvalue weighted by molar-refractivity contribution is 0.0421. The van der Waals surface area contributed by atoms with Crippen molar-refractivity contribution in [3.8, 4) is 0 Å². The number of H-pyrrole nitrogens is 1. The van der Waals surface area contributed by atoms with Gasteiger partial charge < -0.3 is 9.88 Å². The fourth-order valence-electron chi connectivity index (χ4n) is 3.64. The number of aromatic nitrogens is 2. The Morgan fingerprint density at radius 1 is 1.12 bits per heavy atom. The molecule has 1 aromatic heterocycles. The third kappa shape index (κ3) is 2.71. The molecule has 0 aliphatic carbocycles. The second-order valence-corrected chi connectivity index (χ2v) is 6.84. The molecule has 0 radical (unpaired) electrons. The lowest BCUT2D eigenvalue weighted by Crippen LogP contribution is -2.43. The van der Waals surface area contributed by atoms with Crippen molar-refractivity contribution in [1.82, 2.24) is 14.5 Å². The van der Waals surface area contributed by atoms with Gasteiger partial charge in [-0.25, -0.2) is 9.18 Å². The summed E-state index contributed by atoms with van der Waals surface area (Å²) in [5.41, 5.74) is 0.960. The smallest absolute Gasteiger partial charge is 0.326 e. The quantitative estimate of drug-likeness (QED) is 0.770. The number of imidazole rings is 1. The molecule has 2 heterocycles. The molecule has 6 heteroatoms. The lowest BCUT2D eigenvalue weighted by Gasteiger charge is -2.36. The molecule has 0 saturated carbocycles. The normalized spacial score (nSPS) is 16.8. The van der Waals surface area contributed by atoms with Gasteiger partial charge >= 0.3 is 5.69 Å². The first kappa shape index (κ1) is 16.6. The number of aryl methyl sites for hydroxylation is 1. The van der Waals surface area contributed by atoms with Crippen LogP contribution in [0.4, 0.5) is 4.39 Å². The maximum atomic E-state index is 15.2. The highest BCUT2D eigenvalue weighted by Crippen LogP contribution is 2.37. The first-order valence-electron chi connectivity index (χ1n) is 8.70. The summed E-state index contributed by atoms with van der Waals surface area (Å²) >= 11 is 0. The highest BCUT2D eigenvalue weighted by atomic mass is 19.1. The Hall–Kier alpha value is -2.89. The van der Waals surface area contributed by atoms with Crippen LogP contribution in [0.15, 0.2) is 53.3 Å². The molecule has 0 unspecified atom stereocenters. The van der Waals surface area contributed by atoms with Crippen molar-refractivity contribution in [3.63, 3.8) is 0 Å². The second kappa shape index (κ2) is 6.12. The van der Waals surface area contributed by atoms with E-state index in [2.05, 4.69) is 4.98 Å². The van der Waals surface area contributed by atoms with Crippen LogP contribution in [0.1, 0.15) is 28.8 Å². The largest absolute Gasteiger partial charge is 0.338 e. The number of fused-ring (bicyclic) bond motifs is 1. The lowest BCUT2D eigenvalue weighted by atomic mass is 9.86. The predicted molar refractivity (Wildman–Crippen MR) is 97.9 cm³/mol. The Bertz CT molecular complexity index is 1010. The van der Waals surface area contributed by atoms with Crippen molar-refractivity contribution < 1.29 is 9.18 Å². The summed E-state index contributed by atoms with van der Waals surface area (Å²) < 4.78 is 16.7. The van der Waals surface area contributed by atoms with Crippen LogP contribution < -0.4 is 5.69 Å². The predicted octanol–water partition coefficient (Wildman–Crippen LogP) is 2.97. The highest BCUT2D eigenvalue weighted by Gasteiger charge is 2.37. The van der Waals surface area contributed by atoms with Gasteiger partial charge in [0.25, 0.3) is 5.91 Å². The van der Waals surface area contributed by atoms with Crippen LogP contribution in [0.5, 0.6) is 0 Å². The molecular formula is C20H20FN3O2. The molecule has 0 spiro atoms. The average molecular weight is 353 g/mol.